The van der Waals surface area contributed by atoms with Crippen molar-refractivity contribution in [1.82, 2.24) is 0 Å². The van der Waals surface area contributed by atoms with Crippen LogP contribution in [0.3, 0.4) is 0 Å². The van der Waals surface area contributed by atoms with E-state index in [0.717, 1.165) is 24.2 Å². The molecule has 0 aliphatic carbocycles. The average molecular weight is 231 g/mol. The van der Waals surface area contributed by atoms with Gasteiger partial charge in [0.05, 0.1) is 12.1 Å². The Labute approximate surface area is 102 Å². The van der Waals surface area contributed by atoms with Gasteiger partial charge in [-0.1, -0.05) is 12.8 Å². The van der Waals surface area contributed by atoms with Crippen molar-refractivity contribution >= 4 is 11.7 Å². The molecule has 3 heteroatoms. The minimum Gasteiger partial charge on any atom is -0.478 e. The van der Waals surface area contributed by atoms with Gasteiger partial charge in [0.2, 0.25) is 0 Å². The number of rotatable bonds is 5. The Bertz CT molecular complexity index is 446. The fourth-order valence-corrected chi connectivity index (χ4v) is 1.76. The highest BCUT2D eigenvalue weighted by atomic mass is 16.4. The molecule has 0 aliphatic rings. The van der Waals surface area contributed by atoms with E-state index in [1.54, 1.807) is 13.0 Å². The molecule has 0 spiro atoms. The Morgan fingerprint density at radius 2 is 2.24 bits per heavy atom. The van der Waals surface area contributed by atoms with Gasteiger partial charge < -0.3 is 10.0 Å². The lowest BCUT2D eigenvalue weighted by Gasteiger charge is -2.22. The molecule has 0 atom stereocenters. The maximum absolute atomic E-state index is 10.9. The van der Waals surface area contributed by atoms with Gasteiger partial charge in [0.1, 0.15) is 0 Å². The summed E-state index contributed by atoms with van der Waals surface area (Å²) in [7, 11) is 0. The molecule has 0 amide bonds. The van der Waals surface area contributed by atoms with Crippen molar-refractivity contribution in [3.05, 3.63) is 29.3 Å². The molecule has 1 N–H and O–H groups in total. The number of anilines is 1. The van der Waals surface area contributed by atoms with Gasteiger partial charge in [0.25, 0.3) is 0 Å². The Morgan fingerprint density at radius 3 is 2.71 bits per heavy atom. The number of hydrogen-bond acceptors (Lipinski definition) is 2. The van der Waals surface area contributed by atoms with E-state index in [1.165, 1.54) is 0 Å². The van der Waals surface area contributed by atoms with E-state index in [1.807, 2.05) is 12.1 Å². The van der Waals surface area contributed by atoms with Crippen LogP contribution >= 0.6 is 0 Å². The summed E-state index contributed by atoms with van der Waals surface area (Å²) in [6.45, 7) is 5.30. The summed E-state index contributed by atoms with van der Waals surface area (Å²) in [5.41, 5.74) is 2.08. The van der Waals surface area contributed by atoms with Gasteiger partial charge >= 0.3 is 5.97 Å². The van der Waals surface area contributed by atoms with E-state index >= 15 is 0 Å². The van der Waals surface area contributed by atoms with Crippen LogP contribution in [0.2, 0.25) is 0 Å². The SMILES string of the molecule is C#CCN(CCC)c1ccc(C(=O)O)c(C)c1. The van der Waals surface area contributed by atoms with Gasteiger partial charge in [0.15, 0.2) is 0 Å². The van der Waals surface area contributed by atoms with Crippen LogP contribution < -0.4 is 4.90 Å². The van der Waals surface area contributed by atoms with E-state index in [2.05, 4.69) is 17.7 Å². The average Bonchev–Trinajstić information content (AvgIpc) is 2.28. The molecular weight excluding hydrogens is 214 g/mol. The highest BCUT2D eigenvalue weighted by molar-refractivity contribution is 5.89. The number of terminal acetylenes is 1. The van der Waals surface area contributed by atoms with E-state index in [-0.39, 0.29) is 0 Å². The normalized spacial score (nSPS) is 9.71. The molecule has 0 unspecified atom stereocenters. The molecule has 1 aromatic carbocycles. The van der Waals surface area contributed by atoms with Crippen molar-refractivity contribution in [2.24, 2.45) is 0 Å². The van der Waals surface area contributed by atoms with Gasteiger partial charge in [-0.15, -0.1) is 6.42 Å². The molecule has 90 valence electrons. The fraction of sp³-hybridized carbons (Fsp3) is 0.357. The maximum Gasteiger partial charge on any atom is 0.335 e. The lowest BCUT2D eigenvalue weighted by molar-refractivity contribution is 0.0696. The van der Waals surface area contributed by atoms with Crippen LogP contribution in [0, 0.1) is 19.3 Å². The van der Waals surface area contributed by atoms with Crippen molar-refractivity contribution in [2.75, 3.05) is 18.0 Å². The Hall–Kier alpha value is -1.95. The Balaban J connectivity index is 3.02. The number of carbonyl (C=O) groups is 1. The van der Waals surface area contributed by atoms with Gasteiger partial charge in [-0.3, -0.25) is 0 Å². The monoisotopic (exact) mass is 231 g/mol. The third kappa shape index (κ3) is 3.25. The van der Waals surface area contributed by atoms with E-state index in [4.69, 9.17) is 11.5 Å². The third-order valence-electron chi connectivity index (χ3n) is 2.58. The zero-order valence-electron chi connectivity index (χ0n) is 10.2. The predicted molar refractivity (Wildman–Crippen MR) is 69.5 cm³/mol. The molecule has 3 nitrogen and oxygen atoms in total. The Morgan fingerprint density at radius 1 is 1.53 bits per heavy atom. The smallest absolute Gasteiger partial charge is 0.335 e. The van der Waals surface area contributed by atoms with E-state index < -0.39 is 5.97 Å². The lowest BCUT2D eigenvalue weighted by Crippen LogP contribution is -2.24. The number of carboxylic acid groups (broad SMARTS) is 1. The standard InChI is InChI=1S/C14H17NO2/c1-4-8-15(9-5-2)12-6-7-13(14(16)17)11(3)10-12/h1,6-7,10H,5,8-9H2,2-3H3,(H,16,17). The highest BCUT2D eigenvalue weighted by Crippen LogP contribution is 2.19. The van der Waals surface area contributed by atoms with Crippen molar-refractivity contribution < 1.29 is 9.90 Å². The number of carboxylic acids is 1. The van der Waals surface area contributed by atoms with Crippen molar-refractivity contribution in [2.45, 2.75) is 20.3 Å². The number of nitrogens with zero attached hydrogens (tertiary/aromatic N) is 1. The molecular formula is C14H17NO2. The third-order valence-corrected chi connectivity index (χ3v) is 2.58. The minimum atomic E-state index is -0.895. The molecule has 0 aliphatic heterocycles. The lowest BCUT2D eigenvalue weighted by atomic mass is 10.1. The Kier molecular flexibility index (Phi) is 4.59. The van der Waals surface area contributed by atoms with Crippen LogP contribution in [0.25, 0.3) is 0 Å². The van der Waals surface area contributed by atoms with Gasteiger partial charge in [-0.2, -0.15) is 0 Å². The summed E-state index contributed by atoms with van der Waals surface area (Å²) in [6.07, 6.45) is 6.33. The van der Waals surface area contributed by atoms with Crippen molar-refractivity contribution in [3.63, 3.8) is 0 Å². The number of aromatic carboxylic acids is 1. The van der Waals surface area contributed by atoms with E-state index in [0.29, 0.717) is 12.1 Å². The second-order valence-corrected chi connectivity index (χ2v) is 3.93. The first kappa shape index (κ1) is 13.1. The largest absolute Gasteiger partial charge is 0.478 e. The molecule has 1 rings (SSSR count). The van der Waals surface area contributed by atoms with Gasteiger partial charge in [-0.25, -0.2) is 4.79 Å². The fourth-order valence-electron chi connectivity index (χ4n) is 1.76. The molecule has 0 saturated carbocycles. The maximum atomic E-state index is 10.9. The molecule has 17 heavy (non-hydrogen) atoms. The first-order valence-corrected chi connectivity index (χ1v) is 5.62. The predicted octanol–water partition coefficient (Wildman–Crippen LogP) is 2.54. The van der Waals surface area contributed by atoms with Crippen LogP contribution in [0.5, 0.6) is 0 Å². The van der Waals surface area contributed by atoms with Crippen LogP contribution in [-0.2, 0) is 0 Å². The quantitative estimate of drug-likeness (QED) is 0.792. The molecule has 0 radical (unpaired) electrons. The molecule has 0 aromatic heterocycles. The van der Waals surface area contributed by atoms with Crippen LogP contribution in [0.15, 0.2) is 18.2 Å². The van der Waals surface area contributed by atoms with Gasteiger partial charge in [-0.05, 0) is 37.1 Å². The second kappa shape index (κ2) is 5.95. The summed E-state index contributed by atoms with van der Waals surface area (Å²) in [5.74, 6) is 1.72. The van der Waals surface area contributed by atoms with Crippen LogP contribution in [0.1, 0.15) is 29.3 Å². The zero-order valence-corrected chi connectivity index (χ0v) is 10.2. The summed E-state index contributed by atoms with van der Waals surface area (Å²) in [5, 5.41) is 8.96. The summed E-state index contributed by atoms with van der Waals surface area (Å²) in [4.78, 5) is 13.0. The van der Waals surface area contributed by atoms with Crippen LogP contribution in [-0.4, -0.2) is 24.2 Å². The second-order valence-electron chi connectivity index (χ2n) is 3.93. The first-order chi connectivity index (χ1) is 8.10. The van der Waals surface area contributed by atoms with Crippen molar-refractivity contribution in [3.8, 4) is 12.3 Å². The number of hydrogen-bond donors (Lipinski definition) is 1. The zero-order chi connectivity index (χ0) is 12.8. The number of benzene rings is 1. The highest BCUT2D eigenvalue weighted by Gasteiger charge is 2.10. The van der Waals surface area contributed by atoms with E-state index in [9.17, 15) is 4.79 Å². The van der Waals surface area contributed by atoms with Crippen LogP contribution in [0.4, 0.5) is 5.69 Å². The summed E-state index contributed by atoms with van der Waals surface area (Å²) < 4.78 is 0. The summed E-state index contributed by atoms with van der Waals surface area (Å²) in [6, 6.07) is 5.31. The van der Waals surface area contributed by atoms with Gasteiger partial charge in [0, 0.05) is 12.2 Å². The minimum absolute atomic E-state index is 0.339. The first-order valence-electron chi connectivity index (χ1n) is 5.62. The summed E-state index contributed by atoms with van der Waals surface area (Å²) >= 11 is 0. The number of aryl methyl sites for hydroxylation is 1. The molecule has 0 heterocycles. The van der Waals surface area contributed by atoms with Crippen molar-refractivity contribution in [1.29, 1.82) is 0 Å². The molecule has 0 fully saturated rings. The topological polar surface area (TPSA) is 40.5 Å². The molecule has 1 aromatic rings. The molecule has 0 saturated heterocycles. The molecule has 0 bridgehead atoms.